The van der Waals surface area contributed by atoms with Gasteiger partial charge in [0.2, 0.25) is 0 Å². The van der Waals surface area contributed by atoms with E-state index in [1.807, 2.05) is 0 Å². The fourth-order valence-corrected chi connectivity index (χ4v) is 3.12. The second kappa shape index (κ2) is 4.65. The molecule has 0 aliphatic heterocycles. The van der Waals surface area contributed by atoms with Crippen LogP contribution in [0.5, 0.6) is 0 Å². The van der Waals surface area contributed by atoms with Gasteiger partial charge in [-0.05, 0) is 30.6 Å². The van der Waals surface area contributed by atoms with E-state index < -0.39 is 0 Å². The molecule has 0 spiro atoms. The van der Waals surface area contributed by atoms with Crippen LogP contribution in [0.2, 0.25) is 0 Å². The van der Waals surface area contributed by atoms with Gasteiger partial charge in [0.05, 0.1) is 6.10 Å². The Morgan fingerprint density at radius 1 is 1.14 bits per heavy atom. The number of aliphatic hydroxyl groups excluding tert-OH is 1. The van der Waals surface area contributed by atoms with E-state index in [4.69, 9.17) is 0 Å². The first kappa shape index (κ1) is 10.5. The van der Waals surface area contributed by atoms with E-state index in [9.17, 15) is 5.11 Å². The molecule has 0 aromatic heterocycles. The van der Waals surface area contributed by atoms with Crippen molar-refractivity contribution in [1.29, 1.82) is 0 Å². The van der Waals surface area contributed by atoms with Crippen molar-refractivity contribution in [2.75, 3.05) is 0 Å². The molecule has 3 unspecified atom stereocenters. The summed E-state index contributed by atoms with van der Waals surface area (Å²) < 4.78 is 0. The summed E-state index contributed by atoms with van der Waals surface area (Å²) >= 11 is 0. The predicted octanol–water partition coefficient (Wildman–Crippen LogP) is 3.36. The Kier molecular flexibility index (Phi) is 3.48. The topological polar surface area (TPSA) is 20.2 Å². The first-order valence-electron chi connectivity index (χ1n) is 6.49. The van der Waals surface area contributed by atoms with Gasteiger partial charge < -0.3 is 5.11 Å². The highest BCUT2D eigenvalue weighted by Crippen LogP contribution is 2.40. The Bertz CT molecular complexity index is 174. The lowest BCUT2D eigenvalue weighted by atomic mass is 9.74. The summed E-state index contributed by atoms with van der Waals surface area (Å²) in [5, 5.41) is 10.2. The third kappa shape index (κ3) is 2.50. The Labute approximate surface area is 87.9 Å². The summed E-state index contributed by atoms with van der Waals surface area (Å²) in [7, 11) is 0. The average Bonchev–Trinajstić information content (AvgIpc) is 3.01. The van der Waals surface area contributed by atoms with Crippen LogP contribution in [-0.4, -0.2) is 11.2 Å². The van der Waals surface area contributed by atoms with Gasteiger partial charge in [-0.2, -0.15) is 0 Å². The summed E-state index contributed by atoms with van der Waals surface area (Å²) in [6.45, 7) is 2.28. The molecule has 0 aromatic carbocycles. The van der Waals surface area contributed by atoms with Gasteiger partial charge >= 0.3 is 0 Å². The smallest absolute Gasteiger partial charge is 0.0573 e. The van der Waals surface area contributed by atoms with E-state index in [2.05, 4.69) is 6.92 Å². The number of hydrogen-bond donors (Lipinski definition) is 1. The zero-order valence-corrected chi connectivity index (χ0v) is 9.41. The summed E-state index contributed by atoms with van der Waals surface area (Å²) in [6, 6.07) is 0. The normalized spacial score (nSPS) is 35.6. The quantitative estimate of drug-likeness (QED) is 0.731. The van der Waals surface area contributed by atoms with Crippen LogP contribution in [0.1, 0.15) is 58.3 Å². The maximum Gasteiger partial charge on any atom is 0.0573 e. The van der Waals surface area contributed by atoms with Crippen LogP contribution in [-0.2, 0) is 0 Å². The summed E-state index contributed by atoms with van der Waals surface area (Å²) in [6.07, 6.45) is 10.5. The van der Waals surface area contributed by atoms with Crippen LogP contribution in [0.25, 0.3) is 0 Å². The molecule has 1 N–H and O–H groups in total. The van der Waals surface area contributed by atoms with E-state index >= 15 is 0 Å². The van der Waals surface area contributed by atoms with Gasteiger partial charge in [-0.15, -0.1) is 0 Å². The second-order valence-electron chi connectivity index (χ2n) is 5.36. The van der Waals surface area contributed by atoms with E-state index in [0.29, 0.717) is 5.92 Å². The number of rotatable bonds is 4. The van der Waals surface area contributed by atoms with Crippen molar-refractivity contribution in [2.24, 2.45) is 17.8 Å². The van der Waals surface area contributed by atoms with Gasteiger partial charge in [-0.25, -0.2) is 0 Å². The van der Waals surface area contributed by atoms with Crippen molar-refractivity contribution >= 4 is 0 Å². The van der Waals surface area contributed by atoms with Gasteiger partial charge in [0, 0.05) is 0 Å². The van der Waals surface area contributed by atoms with Crippen molar-refractivity contribution in [3.05, 3.63) is 0 Å². The van der Waals surface area contributed by atoms with Crippen LogP contribution < -0.4 is 0 Å². The third-order valence-electron chi connectivity index (χ3n) is 4.26. The Morgan fingerprint density at radius 3 is 2.50 bits per heavy atom. The third-order valence-corrected chi connectivity index (χ3v) is 4.26. The molecule has 0 heterocycles. The van der Waals surface area contributed by atoms with Crippen LogP contribution in [0.4, 0.5) is 0 Å². The van der Waals surface area contributed by atoms with Gasteiger partial charge in [0.15, 0.2) is 0 Å². The molecule has 0 aromatic rings. The molecule has 2 aliphatic carbocycles. The first-order valence-corrected chi connectivity index (χ1v) is 6.49. The van der Waals surface area contributed by atoms with E-state index in [1.165, 1.54) is 44.9 Å². The fraction of sp³-hybridized carbons (Fsp3) is 1.00. The van der Waals surface area contributed by atoms with Crippen LogP contribution >= 0.6 is 0 Å². The highest BCUT2D eigenvalue weighted by Gasteiger charge is 2.33. The Morgan fingerprint density at radius 2 is 1.86 bits per heavy atom. The zero-order chi connectivity index (χ0) is 9.97. The van der Waals surface area contributed by atoms with Gasteiger partial charge in [-0.1, -0.05) is 45.4 Å². The standard InChI is InChI=1S/C13H24O/c1-2-11-5-3-4-6-12(11)13(14)9-10-7-8-10/h10-14H,2-9H2,1H3. The number of hydrogen-bond acceptors (Lipinski definition) is 1. The second-order valence-corrected chi connectivity index (χ2v) is 5.36. The Hall–Kier alpha value is -0.0400. The highest BCUT2D eigenvalue weighted by molar-refractivity contribution is 4.84. The van der Waals surface area contributed by atoms with Gasteiger partial charge in [0.1, 0.15) is 0 Å². The van der Waals surface area contributed by atoms with E-state index in [1.54, 1.807) is 0 Å². The molecular formula is C13H24O. The van der Waals surface area contributed by atoms with Crippen LogP contribution in [0.3, 0.4) is 0 Å². The highest BCUT2D eigenvalue weighted by atomic mass is 16.3. The van der Waals surface area contributed by atoms with Crippen molar-refractivity contribution in [1.82, 2.24) is 0 Å². The van der Waals surface area contributed by atoms with Crippen molar-refractivity contribution in [3.8, 4) is 0 Å². The molecule has 0 bridgehead atoms. The van der Waals surface area contributed by atoms with Crippen LogP contribution in [0, 0.1) is 17.8 Å². The van der Waals surface area contributed by atoms with E-state index in [-0.39, 0.29) is 6.10 Å². The van der Waals surface area contributed by atoms with Crippen LogP contribution in [0.15, 0.2) is 0 Å². The molecule has 82 valence electrons. The average molecular weight is 196 g/mol. The maximum atomic E-state index is 10.2. The summed E-state index contributed by atoms with van der Waals surface area (Å²) in [4.78, 5) is 0. The van der Waals surface area contributed by atoms with Crippen molar-refractivity contribution < 1.29 is 5.11 Å². The molecule has 2 fully saturated rings. The SMILES string of the molecule is CCC1CCCCC1C(O)CC1CC1. The first-order chi connectivity index (χ1) is 6.81. The molecule has 2 rings (SSSR count). The Balaban J connectivity index is 1.84. The molecule has 1 heteroatoms. The van der Waals surface area contributed by atoms with Crippen molar-refractivity contribution in [3.63, 3.8) is 0 Å². The maximum absolute atomic E-state index is 10.2. The summed E-state index contributed by atoms with van der Waals surface area (Å²) in [5.74, 6) is 2.33. The van der Waals surface area contributed by atoms with Gasteiger partial charge in [0.25, 0.3) is 0 Å². The zero-order valence-electron chi connectivity index (χ0n) is 9.41. The predicted molar refractivity (Wildman–Crippen MR) is 59.1 cm³/mol. The minimum absolute atomic E-state index is 0.0211. The fourth-order valence-electron chi connectivity index (χ4n) is 3.12. The molecule has 2 saturated carbocycles. The molecule has 0 radical (unpaired) electrons. The molecule has 3 atom stereocenters. The molecule has 1 nitrogen and oxygen atoms in total. The minimum Gasteiger partial charge on any atom is -0.393 e. The molecule has 14 heavy (non-hydrogen) atoms. The van der Waals surface area contributed by atoms with Gasteiger partial charge in [-0.3, -0.25) is 0 Å². The minimum atomic E-state index is 0.0211. The largest absolute Gasteiger partial charge is 0.393 e. The summed E-state index contributed by atoms with van der Waals surface area (Å²) in [5.41, 5.74) is 0. The monoisotopic (exact) mass is 196 g/mol. The lowest BCUT2D eigenvalue weighted by Crippen LogP contribution is -2.30. The molecule has 0 amide bonds. The number of aliphatic hydroxyl groups is 1. The van der Waals surface area contributed by atoms with Crippen molar-refractivity contribution in [2.45, 2.75) is 64.4 Å². The molecule has 2 aliphatic rings. The molecule has 0 saturated heterocycles. The van der Waals surface area contributed by atoms with E-state index in [0.717, 1.165) is 18.3 Å². The lowest BCUT2D eigenvalue weighted by molar-refractivity contribution is 0.0362. The molecular weight excluding hydrogens is 172 g/mol. The lowest BCUT2D eigenvalue weighted by Gasteiger charge is -2.34.